The van der Waals surface area contributed by atoms with Gasteiger partial charge in [0.25, 0.3) is 0 Å². The van der Waals surface area contributed by atoms with Gasteiger partial charge < -0.3 is 4.57 Å². The topological polar surface area (TPSA) is 17.8 Å². The average Bonchev–Trinajstić information content (AvgIpc) is 2.92. The minimum atomic E-state index is 0.619. The summed E-state index contributed by atoms with van der Waals surface area (Å²) in [6, 6.07) is 13.8. The Morgan fingerprint density at radius 3 is 2.48 bits per heavy atom. The van der Waals surface area contributed by atoms with Crippen molar-refractivity contribution in [3.05, 3.63) is 74.6 Å². The number of aryl methyl sites for hydroxylation is 1. The highest BCUT2D eigenvalue weighted by Gasteiger charge is 2.12. The van der Waals surface area contributed by atoms with Crippen LogP contribution < -0.4 is 0 Å². The third kappa shape index (κ3) is 3.79. The van der Waals surface area contributed by atoms with Gasteiger partial charge in [-0.1, -0.05) is 51.3 Å². The molecule has 0 atom stereocenters. The molecule has 3 rings (SSSR count). The number of benzene rings is 2. The Hall–Kier alpha value is -1.29. The second-order valence-electron chi connectivity index (χ2n) is 5.26. The summed E-state index contributed by atoms with van der Waals surface area (Å²) in [5.41, 5.74) is 3.00. The van der Waals surface area contributed by atoms with Crippen molar-refractivity contribution in [2.45, 2.75) is 19.9 Å². The predicted octanol–water partition coefficient (Wildman–Crippen LogP) is 6.23. The fourth-order valence-electron chi connectivity index (χ4n) is 2.48. The van der Waals surface area contributed by atoms with Crippen molar-refractivity contribution in [3.63, 3.8) is 0 Å². The maximum absolute atomic E-state index is 6.31. The molecule has 2 aromatic carbocycles. The van der Waals surface area contributed by atoms with Gasteiger partial charge in [0.05, 0.1) is 10.7 Å². The molecule has 118 valence electrons. The van der Waals surface area contributed by atoms with Crippen molar-refractivity contribution < 1.29 is 0 Å². The quantitative estimate of drug-likeness (QED) is 0.499. The van der Waals surface area contributed by atoms with Crippen LogP contribution in [0.3, 0.4) is 0 Å². The minimum Gasteiger partial charge on any atom is -0.334 e. The molecule has 2 nitrogen and oxygen atoms in total. The van der Waals surface area contributed by atoms with E-state index < -0.39 is 0 Å². The third-order valence-electron chi connectivity index (χ3n) is 3.68. The average molecular weight is 410 g/mol. The third-order valence-corrected chi connectivity index (χ3v) is 4.76. The fraction of sp³-hybridized carbons (Fsp3) is 0.167. The van der Waals surface area contributed by atoms with Crippen molar-refractivity contribution in [1.82, 2.24) is 9.55 Å². The monoisotopic (exact) mass is 408 g/mol. The van der Waals surface area contributed by atoms with Crippen molar-refractivity contribution >= 4 is 39.1 Å². The molecule has 0 unspecified atom stereocenters. The van der Waals surface area contributed by atoms with E-state index in [4.69, 9.17) is 28.2 Å². The molecule has 0 saturated carbocycles. The second kappa shape index (κ2) is 7.08. The van der Waals surface area contributed by atoms with E-state index in [2.05, 4.69) is 39.6 Å². The van der Waals surface area contributed by atoms with E-state index in [-0.39, 0.29) is 0 Å². The molecule has 23 heavy (non-hydrogen) atoms. The van der Waals surface area contributed by atoms with Gasteiger partial charge in [-0.05, 0) is 42.8 Å². The van der Waals surface area contributed by atoms with E-state index in [9.17, 15) is 0 Å². The van der Waals surface area contributed by atoms with Crippen LogP contribution in [0.1, 0.15) is 18.3 Å². The van der Waals surface area contributed by atoms with Crippen molar-refractivity contribution in [3.8, 4) is 11.3 Å². The standard InChI is InChI=1S/C18H15BrCl2N2/c1-2-23-11-17(15-8-7-14(20)10-16(15)21)22-18(23)9-12-3-5-13(19)6-4-12/h3-8,10-11H,2,9H2,1H3. The first-order chi connectivity index (χ1) is 11.1. The molecular weight excluding hydrogens is 395 g/mol. The van der Waals surface area contributed by atoms with E-state index >= 15 is 0 Å². The molecule has 0 bridgehead atoms. The molecule has 0 radical (unpaired) electrons. The molecule has 0 fully saturated rings. The van der Waals surface area contributed by atoms with Crippen LogP contribution in [0.2, 0.25) is 10.0 Å². The molecule has 3 aromatic rings. The Morgan fingerprint density at radius 2 is 1.83 bits per heavy atom. The van der Waals surface area contributed by atoms with Crippen LogP contribution >= 0.6 is 39.1 Å². The number of hydrogen-bond acceptors (Lipinski definition) is 1. The van der Waals surface area contributed by atoms with Gasteiger partial charge in [0.15, 0.2) is 0 Å². The number of nitrogens with zero attached hydrogens (tertiary/aromatic N) is 2. The van der Waals surface area contributed by atoms with Gasteiger partial charge in [0.2, 0.25) is 0 Å². The SMILES string of the molecule is CCn1cc(-c2ccc(Cl)cc2Cl)nc1Cc1ccc(Br)cc1. The van der Waals surface area contributed by atoms with Gasteiger partial charge in [-0.2, -0.15) is 0 Å². The molecule has 0 spiro atoms. The first-order valence-electron chi connectivity index (χ1n) is 7.32. The summed E-state index contributed by atoms with van der Waals surface area (Å²) < 4.78 is 3.23. The number of imidazole rings is 1. The zero-order valence-corrected chi connectivity index (χ0v) is 15.7. The molecular formula is C18H15BrCl2N2. The van der Waals surface area contributed by atoms with Crippen LogP contribution in [0.25, 0.3) is 11.3 Å². The number of aromatic nitrogens is 2. The van der Waals surface area contributed by atoms with E-state index in [0.717, 1.165) is 34.5 Å². The number of halogens is 3. The lowest BCUT2D eigenvalue weighted by atomic mass is 10.1. The van der Waals surface area contributed by atoms with Gasteiger partial charge in [-0.3, -0.25) is 0 Å². The van der Waals surface area contributed by atoms with Gasteiger partial charge in [-0.25, -0.2) is 4.98 Å². The largest absolute Gasteiger partial charge is 0.334 e. The molecule has 0 N–H and O–H groups in total. The maximum atomic E-state index is 6.31. The van der Waals surface area contributed by atoms with Gasteiger partial charge in [0, 0.05) is 34.2 Å². The van der Waals surface area contributed by atoms with Gasteiger partial charge >= 0.3 is 0 Å². The Balaban J connectivity index is 1.95. The van der Waals surface area contributed by atoms with Crippen LogP contribution in [0.4, 0.5) is 0 Å². The zero-order chi connectivity index (χ0) is 16.4. The number of hydrogen-bond donors (Lipinski definition) is 0. The normalized spacial score (nSPS) is 11.0. The first kappa shape index (κ1) is 16.6. The summed E-state index contributed by atoms with van der Waals surface area (Å²) in [7, 11) is 0. The Labute approximate surface area is 154 Å². The Kier molecular flexibility index (Phi) is 5.10. The van der Waals surface area contributed by atoms with Crippen LogP contribution in [0.5, 0.6) is 0 Å². The second-order valence-corrected chi connectivity index (χ2v) is 7.02. The Bertz CT molecular complexity index is 826. The molecule has 1 aromatic heterocycles. The molecule has 5 heteroatoms. The maximum Gasteiger partial charge on any atom is 0.113 e. The molecule has 1 heterocycles. The molecule has 0 aliphatic heterocycles. The van der Waals surface area contributed by atoms with E-state index in [1.807, 2.05) is 30.5 Å². The smallest absolute Gasteiger partial charge is 0.113 e. The van der Waals surface area contributed by atoms with Crippen LogP contribution in [-0.2, 0) is 13.0 Å². The summed E-state index contributed by atoms with van der Waals surface area (Å²) in [5.74, 6) is 1.02. The van der Waals surface area contributed by atoms with Crippen LogP contribution in [-0.4, -0.2) is 9.55 Å². The van der Waals surface area contributed by atoms with Crippen LogP contribution in [0, 0.1) is 0 Å². The summed E-state index contributed by atoms with van der Waals surface area (Å²) in [6.45, 7) is 2.98. The predicted molar refractivity (Wildman–Crippen MR) is 100 cm³/mol. The van der Waals surface area contributed by atoms with E-state index in [0.29, 0.717) is 10.0 Å². The first-order valence-corrected chi connectivity index (χ1v) is 8.87. The zero-order valence-electron chi connectivity index (χ0n) is 12.6. The minimum absolute atomic E-state index is 0.619. The summed E-state index contributed by atoms with van der Waals surface area (Å²) in [4.78, 5) is 4.78. The van der Waals surface area contributed by atoms with Crippen LogP contribution in [0.15, 0.2) is 53.1 Å². The van der Waals surface area contributed by atoms with E-state index in [1.165, 1.54) is 5.56 Å². The highest BCUT2D eigenvalue weighted by Crippen LogP contribution is 2.30. The van der Waals surface area contributed by atoms with E-state index in [1.54, 1.807) is 6.07 Å². The lowest BCUT2D eigenvalue weighted by Gasteiger charge is -2.04. The lowest BCUT2D eigenvalue weighted by Crippen LogP contribution is -2.01. The van der Waals surface area contributed by atoms with Crippen molar-refractivity contribution in [2.24, 2.45) is 0 Å². The Morgan fingerprint density at radius 1 is 1.09 bits per heavy atom. The fourth-order valence-corrected chi connectivity index (χ4v) is 3.25. The summed E-state index contributed by atoms with van der Waals surface area (Å²) in [5, 5.41) is 1.25. The van der Waals surface area contributed by atoms with Crippen molar-refractivity contribution in [1.29, 1.82) is 0 Å². The molecule has 0 amide bonds. The lowest BCUT2D eigenvalue weighted by molar-refractivity contribution is 0.712. The molecule has 0 saturated heterocycles. The molecule has 0 aliphatic rings. The van der Waals surface area contributed by atoms with Gasteiger partial charge in [0.1, 0.15) is 5.82 Å². The highest BCUT2D eigenvalue weighted by molar-refractivity contribution is 9.10. The van der Waals surface area contributed by atoms with Crippen molar-refractivity contribution in [2.75, 3.05) is 0 Å². The number of rotatable bonds is 4. The summed E-state index contributed by atoms with van der Waals surface area (Å²) >= 11 is 15.7. The highest BCUT2D eigenvalue weighted by atomic mass is 79.9. The van der Waals surface area contributed by atoms with Gasteiger partial charge in [-0.15, -0.1) is 0 Å². The molecule has 0 aliphatic carbocycles. The summed E-state index contributed by atoms with van der Waals surface area (Å²) in [6.07, 6.45) is 2.83.